The molecule has 2 N–H and O–H groups in total. The van der Waals surface area contributed by atoms with Crippen molar-refractivity contribution in [1.82, 2.24) is 0 Å². The Morgan fingerprint density at radius 2 is 1.82 bits per heavy atom. The first-order chi connectivity index (χ1) is 13.6. The molecular weight excluding hydrogens is 354 g/mol. The van der Waals surface area contributed by atoms with E-state index < -0.39 is 17.8 Å². The number of nitrogens with one attached hydrogen (secondary N) is 1. The van der Waals surface area contributed by atoms with E-state index in [2.05, 4.69) is 11.4 Å². The number of carbonyl (C=O) groups excluding carboxylic acids is 1. The van der Waals surface area contributed by atoms with Crippen molar-refractivity contribution >= 4 is 17.6 Å². The lowest BCUT2D eigenvalue weighted by molar-refractivity contribution is -0.148. The van der Waals surface area contributed by atoms with Gasteiger partial charge in [-0.05, 0) is 55.1 Å². The predicted octanol–water partition coefficient (Wildman–Crippen LogP) is 3.73. The van der Waals surface area contributed by atoms with E-state index in [1.54, 1.807) is 0 Å². The number of carbonyl (C=O) groups is 2. The van der Waals surface area contributed by atoms with Gasteiger partial charge in [-0.3, -0.25) is 9.59 Å². The van der Waals surface area contributed by atoms with Gasteiger partial charge in [-0.2, -0.15) is 0 Å². The van der Waals surface area contributed by atoms with Crippen molar-refractivity contribution in [2.75, 3.05) is 5.32 Å². The molecule has 4 aliphatic carbocycles. The molecule has 2 bridgehead atoms. The molecule has 3 saturated carbocycles. The molecule has 1 aromatic carbocycles. The van der Waals surface area contributed by atoms with E-state index in [4.69, 9.17) is 4.74 Å². The summed E-state index contributed by atoms with van der Waals surface area (Å²) in [6.45, 7) is 0. The second-order valence-electron chi connectivity index (χ2n) is 9.03. The largest absolute Gasteiger partial charge is 0.485 e. The molecule has 6 rings (SSSR count). The summed E-state index contributed by atoms with van der Waals surface area (Å²) in [5, 5.41) is 12.8. The Morgan fingerprint density at radius 1 is 1.07 bits per heavy atom. The van der Waals surface area contributed by atoms with E-state index in [1.165, 1.54) is 0 Å². The van der Waals surface area contributed by atoms with E-state index in [0.717, 1.165) is 37.0 Å². The molecule has 1 heterocycles. The Kier molecular flexibility index (Phi) is 3.22. The number of aliphatic carboxylic acids is 1. The van der Waals surface area contributed by atoms with Gasteiger partial charge in [-0.15, -0.1) is 0 Å². The molecule has 0 radical (unpaired) electrons. The van der Waals surface area contributed by atoms with Crippen molar-refractivity contribution in [2.24, 2.45) is 29.1 Å². The van der Waals surface area contributed by atoms with Gasteiger partial charge in [0.1, 0.15) is 11.9 Å². The van der Waals surface area contributed by atoms with Crippen LogP contribution in [0.5, 0.6) is 5.75 Å². The number of allylic oxidation sites excluding steroid dienone is 2. The summed E-state index contributed by atoms with van der Waals surface area (Å²) in [5.74, 6) is -0.476. The van der Waals surface area contributed by atoms with Crippen molar-refractivity contribution in [3.63, 3.8) is 0 Å². The highest BCUT2D eigenvalue weighted by Crippen LogP contribution is 2.74. The van der Waals surface area contributed by atoms with Gasteiger partial charge in [0.05, 0.1) is 11.8 Å². The van der Waals surface area contributed by atoms with E-state index in [-0.39, 0.29) is 35.2 Å². The molecule has 0 saturated heterocycles. The van der Waals surface area contributed by atoms with Crippen LogP contribution in [0, 0.1) is 29.1 Å². The summed E-state index contributed by atoms with van der Waals surface area (Å²) in [6, 6.07) is 5.80. The molecule has 5 nitrogen and oxygen atoms in total. The van der Waals surface area contributed by atoms with Crippen LogP contribution in [0.1, 0.15) is 37.2 Å². The quantitative estimate of drug-likeness (QED) is 0.842. The molecular formula is C23H23NO4. The number of carboxylic acids is 1. The Labute approximate surface area is 163 Å². The first kappa shape index (κ1) is 16.4. The minimum Gasteiger partial charge on any atom is -0.485 e. The van der Waals surface area contributed by atoms with Gasteiger partial charge in [0.15, 0.2) is 0 Å². The summed E-state index contributed by atoms with van der Waals surface area (Å²) in [7, 11) is 0. The zero-order chi connectivity index (χ0) is 19.0. The number of rotatable bonds is 3. The van der Waals surface area contributed by atoms with Crippen molar-refractivity contribution < 1.29 is 19.4 Å². The lowest BCUT2D eigenvalue weighted by Gasteiger charge is -2.27. The normalized spacial score (nSPS) is 37.4. The third kappa shape index (κ3) is 2.07. The highest BCUT2D eigenvalue weighted by Gasteiger charge is 2.71. The number of hydrogen-bond donors (Lipinski definition) is 2. The number of benzene rings is 1. The minimum absolute atomic E-state index is 0.0163. The Bertz CT molecular complexity index is 944. The summed E-state index contributed by atoms with van der Waals surface area (Å²) in [5.41, 5.74) is 1.96. The van der Waals surface area contributed by atoms with Gasteiger partial charge in [0.25, 0.3) is 0 Å². The van der Waals surface area contributed by atoms with Crippen LogP contribution in [0.3, 0.4) is 0 Å². The standard InChI is InChI=1S/C23H23NO4/c25-21(19-15-7-8-16(20(19)22(26)27)23(15)9-10-23)24-12-5-6-14-13-3-1-2-4-17(13)28-18(14)11-12/h1-6,11,13,15-17,19-20H,7-10H2,(H,24,25)(H,26,27). The highest BCUT2D eigenvalue weighted by molar-refractivity contribution is 5.96. The van der Waals surface area contributed by atoms with Crippen LogP contribution in [-0.2, 0) is 9.59 Å². The third-order valence-electron chi connectivity index (χ3n) is 7.92. The third-order valence-corrected chi connectivity index (χ3v) is 7.92. The number of hydrogen-bond acceptors (Lipinski definition) is 3. The smallest absolute Gasteiger partial charge is 0.307 e. The average molecular weight is 377 g/mol. The monoisotopic (exact) mass is 377 g/mol. The maximum atomic E-state index is 13.1. The minimum atomic E-state index is -0.807. The van der Waals surface area contributed by atoms with Crippen molar-refractivity contribution in [1.29, 1.82) is 0 Å². The molecule has 6 unspecified atom stereocenters. The molecule has 5 heteroatoms. The second kappa shape index (κ2) is 5.49. The lowest BCUT2D eigenvalue weighted by atomic mass is 9.78. The summed E-state index contributed by atoms with van der Waals surface area (Å²) >= 11 is 0. The van der Waals surface area contributed by atoms with Crippen LogP contribution < -0.4 is 10.1 Å². The highest BCUT2D eigenvalue weighted by atomic mass is 16.5. The van der Waals surface area contributed by atoms with Gasteiger partial charge >= 0.3 is 5.97 Å². The number of ether oxygens (including phenoxy) is 1. The van der Waals surface area contributed by atoms with Gasteiger partial charge in [-0.25, -0.2) is 0 Å². The SMILES string of the molecule is O=C(O)C1C(C(=O)Nc2ccc3c(c2)OC2C=CC=CC32)C2CCC1C21CC1. The maximum absolute atomic E-state index is 13.1. The Hall–Kier alpha value is -2.56. The van der Waals surface area contributed by atoms with Crippen LogP contribution in [0.15, 0.2) is 42.5 Å². The zero-order valence-corrected chi connectivity index (χ0v) is 15.5. The van der Waals surface area contributed by atoms with Gasteiger partial charge < -0.3 is 15.2 Å². The van der Waals surface area contributed by atoms with Gasteiger partial charge in [0, 0.05) is 23.2 Å². The topological polar surface area (TPSA) is 75.6 Å². The molecule has 0 aromatic heterocycles. The molecule has 6 atom stereocenters. The number of anilines is 1. The molecule has 1 aromatic rings. The summed E-state index contributed by atoms with van der Waals surface area (Å²) < 4.78 is 6.03. The van der Waals surface area contributed by atoms with Crippen LogP contribution in [0.25, 0.3) is 0 Å². The van der Waals surface area contributed by atoms with Gasteiger partial charge in [0.2, 0.25) is 5.91 Å². The molecule has 1 spiro atoms. The average Bonchev–Trinajstić information content (AvgIpc) is 3.20. The van der Waals surface area contributed by atoms with E-state index >= 15 is 0 Å². The molecule has 144 valence electrons. The summed E-state index contributed by atoms with van der Waals surface area (Å²) in [6.07, 6.45) is 12.3. The van der Waals surface area contributed by atoms with Crippen LogP contribution in [-0.4, -0.2) is 23.1 Å². The molecule has 5 aliphatic rings. The van der Waals surface area contributed by atoms with Crippen LogP contribution in [0.4, 0.5) is 5.69 Å². The van der Waals surface area contributed by atoms with Crippen molar-refractivity contribution in [3.8, 4) is 5.75 Å². The number of amides is 1. The molecule has 1 amide bonds. The number of fused-ring (bicyclic) bond motifs is 3. The fourth-order valence-corrected chi connectivity index (χ4v) is 6.68. The first-order valence-corrected chi connectivity index (χ1v) is 10.3. The first-order valence-electron chi connectivity index (χ1n) is 10.3. The fourth-order valence-electron chi connectivity index (χ4n) is 6.68. The fraction of sp³-hybridized carbons (Fsp3) is 0.478. The molecule has 3 fully saturated rings. The second-order valence-corrected chi connectivity index (χ2v) is 9.03. The summed E-state index contributed by atoms with van der Waals surface area (Å²) in [4.78, 5) is 25.1. The van der Waals surface area contributed by atoms with Crippen LogP contribution in [0.2, 0.25) is 0 Å². The number of carboxylic acid groups (broad SMARTS) is 1. The Morgan fingerprint density at radius 3 is 2.57 bits per heavy atom. The van der Waals surface area contributed by atoms with Gasteiger partial charge in [-0.1, -0.05) is 24.3 Å². The van der Waals surface area contributed by atoms with Crippen molar-refractivity contribution in [3.05, 3.63) is 48.1 Å². The van der Waals surface area contributed by atoms with E-state index in [0.29, 0.717) is 5.69 Å². The molecule has 1 aliphatic heterocycles. The molecule has 28 heavy (non-hydrogen) atoms. The predicted molar refractivity (Wildman–Crippen MR) is 103 cm³/mol. The van der Waals surface area contributed by atoms with E-state index in [9.17, 15) is 14.7 Å². The van der Waals surface area contributed by atoms with Crippen LogP contribution >= 0.6 is 0 Å². The Balaban J connectivity index is 1.26. The lowest BCUT2D eigenvalue weighted by Crippen LogP contribution is -2.37. The zero-order valence-electron chi connectivity index (χ0n) is 15.5. The maximum Gasteiger partial charge on any atom is 0.307 e. The van der Waals surface area contributed by atoms with Crippen molar-refractivity contribution in [2.45, 2.75) is 37.7 Å². The van der Waals surface area contributed by atoms with E-state index in [1.807, 2.05) is 36.4 Å².